The summed E-state index contributed by atoms with van der Waals surface area (Å²) >= 11 is 1.61. The van der Waals surface area contributed by atoms with E-state index in [1.165, 1.54) is 18.4 Å². The van der Waals surface area contributed by atoms with Gasteiger partial charge in [-0.2, -0.15) is 0 Å². The summed E-state index contributed by atoms with van der Waals surface area (Å²) < 4.78 is 0. The lowest BCUT2D eigenvalue weighted by Gasteiger charge is -1.95. The van der Waals surface area contributed by atoms with E-state index in [4.69, 9.17) is 0 Å². The van der Waals surface area contributed by atoms with Crippen LogP contribution in [0.3, 0.4) is 0 Å². The fourth-order valence-corrected chi connectivity index (χ4v) is 1.91. The zero-order valence-electron chi connectivity index (χ0n) is 7.67. The van der Waals surface area contributed by atoms with Crippen molar-refractivity contribution in [2.24, 2.45) is 0 Å². The van der Waals surface area contributed by atoms with E-state index in [1.54, 1.807) is 11.3 Å². The van der Waals surface area contributed by atoms with Gasteiger partial charge < -0.3 is 0 Å². The van der Waals surface area contributed by atoms with Crippen molar-refractivity contribution in [1.82, 2.24) is 0 Å². The highest BCUT2D eigenvalue weighted by Crippen LogP contribution is 2.17. The molecule has 0 fully saturated rings. The summed E-state index contributed by atoms with van der Waals surface area (Å²) in [4.78, 5) is 11.1. The molecule has 0 amide bonds. The summed E-state index contributed by atoms with van der Waals surface area (Å²) in [6, 6.07) is 2.09. The minimum atomic E-state index is 0.642. The summed E-state index contributed by atoms with van der Waals surface area (Å²) in [7, 11) is 0. The molecule has 0 saturated carbocycles. The molecule has 1 aromatic heterocycles. The van der Waals surface area contributed by atoms with Crippen LogP contribution in [0.15, 0.2) is 11.4 Å². The predicted octanol–water partition coefficient (Wildman–Crippen LogP) is 2.64. The van der Waals surface area contributed by atoms with E-state index < -0.39 is 0 Å². The van der Waals surface area contributed by atoms with Crippen molar-refractivity contribution >= 4 is 17.6 Å². The van der Waals surface area contributed by atoms with Gasteiger partial charge in [-0.05, 0) is 41.7 Å². The molecular weight excluding hydrogens is 180 g/mol. The largest absolute Gasteiger partial charge is 0.289 e. The van der Waals surface area contributed by atoms with Crippen LogP contribution in [0, 0.1) is 11.8 Å². The number of carbonyl (C=O) groups excluding carboxylic acids is 1. The van der Waals surface area contributed by atoms with Crippen LogP contribution in [0.2, 0.25) is 0 Å². The fourth-order valence-electron chi connectivity index (χ4n) is 1.10. The zero-order chi connectivity index (χ0) is 9.52. The molecular formula is C11H12OS. The van der Waals surface area contributed by atoms with Crippen LogP contribution in [0.5, 0.6) is 0 Å². The minimum absolute atomic E-state index is 0.642. The lowest BCUT2D eigenvalue weighted by Crippen LogP contribution is -1.83. The Hall–Kier alpha value is -1.07. The molecule has 0 bridgehead atoms. The Morgan fingerprint density at radius 1 is 1.62 bits per heavy atom. The first-order valence-electron chi connectivity index (χ1n) is 4.40. The second-order valence-corrected chi connectivity index (χ2v) is 3.68. The van der Waals surface area contributed by atoms with Crippen LogP contribution in [-0.4, -0.2) is 6.29 Å². The second-order valence-electron chi connectivity index (χ2n) is 2.77. The lowest BCUT2D eigenvalue weighted by molar-refractivity contribution is -0.103. The molecule has 0 atom stereocenters. The summed E-state index contributed by atoms with van der Waals surface area (Å²) in [5.74, 6) is 5.30. The summed E-state index contributed by atoms with van der Waals surface area (Å²) in [6.07, 6.45) is 4.09. The Bertz CT molecular complexity index is 327. The van der Waals surface area contributed by atoms with Crippen molar-refractivity contribution < 1.29 is 4.79 Å². The van der Waals surface area contributed by atoms with Crippen LogP contribution in [0.4, 0.5) is 0 Å². The van der Waals surface area contributed by atoms with Gasteiger partial charge in [0.05, 0.1) is 4.88 Å². The molecule has 1 heterocycles. The molecule has 0 aliphatic heterocycles. The van der Waals surface area contributed by atoms with E-state index in [9.17, 15) is 4.79 Å². The van der Waals surface area contributed by atoms with Gasteiger partial charge in [0, 0.05) is 0 Å². The van der Waals surface area contributed by atoms with Gasteiger partial charge in [0.1, 0.15) is 0 Å². The Morgan fingerprint density at radius 3 is 3.15 bits per heavy atom. The van der Waals surface area contributed by atoms with Crippen molar-refractivity contribution in [1.29, 1.82) is 0 Å². The first kappa shape index (κ1) is 10.0. The fraction of sp³-hybridized carbons (Fsp3) is 0.364. The molecule has 0 radical (unpaired) electrons. The average molecular weight is 192 g/mol. The van der Waals surface area contributed by atoms with Crippen LogP contribution in [-0.2, 0) is 11.2 Å². The van der Waals surface area contributed by atoms with Crippen molar-refractivity contribution in [3.8, 4) is 11.8 Å². The maximum Gasteiger partial charge on any atom is 0.193 e. The van der Waals surface area contributed by atoms with Gasteiger partial charge in [-0.3, -0.25) is 4.79 Å². The number of hydrogen-bond acceptors (Lipinski definition) is 2. The molecule has 1 nitrogen and oxygen atoms in total. The molecule has 1 aromatic rings. The van der Waals surface area contributed by atoms with Gasteiger partial charge in [0.2, 0.25) is 0 Å². The van der Waals surface area contributed by atoms with Crippen molar-refractivity contribution in [2.75, 3.05) is 0 Å². The number of carbonyl (C=O) groups is 1. The zero-order valence-corrected chi connectivity index (χ0v) is 8.49. The average Bonchev–Trinajstić information content (AvgIpc) is 2.59. The van der Waals surface area contributed by atoms with Crippen LogP contribution < -0.4 is 0 Å². The van der Waals surface area contributed by atoms with Crippen molar-refractivity contribution in [3.05, 3.63) is 21.9 Å². The standard InChI is InChI=1S/C11H12OS/c1-2-3-5-10-7-9-13-11(10)6-4-8-12/h7-9H,2-3,5H2,1H3. The molecule has 0 spiro atoms. The predicted molar refractivity (Wildman–Crippen MR) is 55.9 cm³/mol. The van der Waals surface area contributed by atoms with Crippen molar-refractivity contribution in [2.45, 2.75) is 26.2 Å². The Balaban J connectivity index is 2.70. The molecule has 68 valence electrons. The highest BCUT2D eigenvalue weighted by atomic mass is 32.1. The van der Waals surface area contributed by atoms with Gasteiger partial charge in [-0.25, -0.2) is 0 Å². The van der Waals surface area contributed by atoms with Gasteiger partial charge in [-0.15, -0.1) is 11.3 Å². The van der Waals surface area contributed by atoms with Crippen LogP contribution in [0.25, 0.3) is 0 Å². The van der Waals surface area contributed by atoms with E-state index >= 15 is 0 Å². The molecule has 0 saturated heterocycles. The number of aryl methyl sites for hydroxylation is 1. The number of unbranched alkanes of at least 4 members (excludes halogenated alkanes) is 1. The van der Waals surface area contributed by atoms with Gasteiger partial charge in [0.25, 0.3) is 0 Å². The van der Waals surface area contributed by atoms with E-state index in [0.717, 1.165) is 11.3 Å². The molecule has 2 heteroatoms. The second kappa shape index (κ2) is 5.55. The molecule has 1 rings (SSSR count). The molecule has 0 aliphatic rings. The Morgan fingerprint density at radius 2 is 2.46 bits per heavy atom. The van der Waals surface area contributed by atoms with Crippen LogP contribution >= 0.6 is 11.3 Å². The lowest BCUT2D eigenvalue weighted by atomic mass is 10.1. The highest BCUT2D eigenvalue weighted by molar-refractivity contribution is 7.10. The topological polar surface area (TPSA) is 17.1 Å². The van der Waals surface area contributed by atoms with E-state index in [2.05, 4.69) is 24.8 Å². The smallest absolute Gasteiger partial charge is 0.193 e. The maximum absolute atomic E-state index is 10.1. The molecule has 0 unspecified atom stereocenters. The summed E-state index contributed by atoms with van der Waals surface area (Å²) in [6.45, 7) is 2.17. The number of thiophene rings is 1. The maximum atomic E-state index is 10.1. The SMILES string of the molecule is CCCCc1ccsc1C#CC=O. The third-order valence-electron chi connectivity index (χ3n) is 1.79. The Kier molecular flexibility index (Phi) is 4.28. The molecule has 0 aliphatic carbocycles. The van der Waals surface area contributed by atoms with Crippen molar-refractivity contribution in [3.63, 3.8) is 0 Å². The first-order valence-corrected chi connectivity index (χ1v) is 5.28. The number of rotatable bonds is 3. The van der Waals surface area contributed by atoms with Gasteiger partial charge in [0.15, 0.2) is 6.29 Å². The monoisotopic (exact) mass is 192 g/mol. The summed E-state index contributed by atoms with van der Waals surface area (Å²) in [5, 5.41) is 2.03. The number of hydrogen-bond donors (Lipinski definition) is 0. The normalized spacial score (nSPS) is 9.00. The van der Waals surface area contributed by atoms with Gasteiger partial charge in [-0.1, -0.05) is 13.3 Å². The van der Waals surface area contributed by atoms with E-state index in [-0.39, 0.29) is 0 Å². The molecule has 0 N–H and O–H groups in total. The van der Waals surface area contributed by atoms with Gasteiger partial charge >= 0.3 is 0 Å². The highest BCUT2D eigenvalue weighted by Gasteiger charge is 1.99. The van der Waals surface area contributed by atoms with E-state index in [1.807, 2.05) is 5.38 Å². The summed E-state index contributed by atoms with van der Waals surface area (Å²) in [5.41, 5.74) is 1.28. The van der Waals surface area contributed by atoms with Crippen LogP contribution in [0.1, 0.15) is 30.2 Å². The third kappa shape index (κ3) is 3.04. The number of aldehydes is 1. The van der Waals surface area contributed by atoms with E-state index in [0.29, 0.717) is 6.29 Å². The quantitative estimate of drug-likeness (QED) is 0.531. The Labute approximate surface area is 82.8 Å². The first-order chi connectivity index (χ1) is 6.38. The molecule has 13 heavy (non-hydrogen) atoms. The third-order valence-corrected chi connectivity index (χ3v) is 2.66. The molecule has 0 aromatic carbocycles. The minimum Gasteiger partial charge on any atom is -0.289 e.